The standard InChI is InChI=1S/C21H17NO/c1-21(2)20(23)18-10-6-5-9-17(18)19(22-21)16-12-11-14-7-3-4-8-15(14)13-16/h3-13H,1-2H3. The lowest BCUT2D eigenvalue weighted by Gasteiger charge is -2.27. The molecule has 0 saturated heterocycles. The molecule has 2 nitrogen and oxygen atoms in total. The van der Waals surface area contributed by atoms with Gasteiger partial charge in [-0.1, -0.05) is 60.7 Å². The predicted molar refractivity (Wildman–Crippen MR) is 94.4 cm³/mol. The first-order valence-electron chi connectivity index (χ1n) is 7.79. The van der Waals surface area contributed by atoms with E-state index < -0.39 is 5.54 Å². The zero-order valence-corrected chi connectivity index (χ0v) is 13.2. The molecule has 3 aromatic carbocycles. The molecule has 0 N–H and O–H groups in total. The number of fused-ring (bicyclic) bond motifs is 2. The number of Topliss-reactive ketones (excluding diaryl/α,β-unsaturated/α-hetero) is 1. The maximum Gasteiger partial charge on any atom is 0.190 e. The quantitative estimate of drug-likeness (QED) is 0.643. The van der Waals surface area contributed by atoms with Crippen LogP contribution in [-0.2, 0) is 0 Å². The largest absolute Gasteiger partial charge is 0.291 e. The number of ketones is 1. The van der Waals surface area contributed by atoms with Crippen molar-refractivity contribution >= 4 is 22.3 Å². The molecule has 1 aliphatic heterocycles. The third kappa shape index (κ3) is 2.18. The molecular formula is C21H17NO. The Morgan fingerprint density at radius 1 is 0.783 bits per heavy atom. The molecule has 0 aliphatic carbocycles. The van der Waals surface area contributed by atoms with Gasteiger partial charge in [-0.2, -0.15) is 0 Å². The molecule has 0 bridgehead atoms. The topological polar surface area (TPSA) is 29.4 Å². The number of carbonyl (C=O) groups is 1. The minimum atomic E-state index is -0.727. The van der Waals surface area contributed by atoms with Gasteiger partial charge in [-0.15, -0.1) is 0 Å². The van der Waals surface area contributed by atoms with Crippen LogP contribution in [0.2, 0.25) is 0 Å². The smallest absolute Gasteiger partial charge is 0.190 e. The molecule has 0 atom stereocenters. The molecule has 0 amide bonds. The first-order valence-corrected chi connectivity index (χ1v) is 7.79. The van der Waals surface area contributed by atoms with Crippen LogP contribution >= 0.6 is 0 Å². The summed E-state index contributed by atoms with van der Waals surface area (Å²) in [4.78, 5) is 17.4. The lowest BCUT2D eigenvalue weighted by Crippen LogP contribution is -2.36. The van der Waals surface area contributed by atoms with Gasteiger partial charge < -0.3 is 0 Å². The van der Waals surface area contributed by atoms with E-state index in [4.69, 9.17) is 4.99 Å². The van der Waals surface area contributed by atoms with Crippen molar-refractivity contribution < 1.29 is 4.79 Å². The minimum absolute atomic E-state index is 0.0811. The zero-order valence-electron chi connectivity index (χ0n) is 13.2. The van der Waals surface area contributed by atoms with E-state index in [1.807, 2.05) is 50.2 Å². The third-order valence-corrected chi connectivity index (χ3v) is 4.40. The Balaban J connectivity index is 1.97. The molecule has 3 aromatic rings. The molecule has 0 aromatic heterocycles. The van der Waals surface area contributed by atoms with Gasteiger partial charge in [0.25, 0.3) is 0 Å². The molecule has 112 valence electrons. The molecule has 0 fully saturated rings. The van der Waals surface area contributed by atoms with Crippen molar-refractivity contribution in [2.45, 2.75) is 19.4 Å². The van der Waals surface area contributed by atoms with E-state index in [-0.39, 0.29) is 5.78 Å². The lowest BCUT2D eigenvalue weighted by atomic mass is 9.83. The number of carbonyl (C=O) groups excluding carboxylic acids is 1. The molecular weight excluding hydrogens is 282 g/mol. The highest BCUT2D eigenvalue weighted by atomic mass is 16.1. The van der Waals surface area contributed by atoms with Crippen LogP contribution in [0.4, 0.5) is 0 Å². The highest BCUT2D eigenvalue weighted by Gasteiger charge is 2.35. The van der Waals surface area contributed by atoms with Crippen molar-refractivity contribution in [1.82, 2.24) is 0 Å². The maximum atomic E-state index is 12.6. The van der Waals surface area contributed by atoms with E-state index in [0.29, 0.717) is 0 Å². The first kappa shape index (κ1) is 13.9. The molecule has 23 heavy (non-hydrogen) atoms. The van der Waals surface area contributed by atoms with E-state index in [9.17, 15) is 4.79 Å². The molecule has 1 aliphatic rings. The van der Waals surface area contributed by atoms with Crippen molar-refractivity contribution in [2.75, 3.05) is 0 Å². The van der Waals surface area contributed by atoms with Gasteiger partial charge in [0.1, 0.15) is 5.54 Å². The second kappa shape index (κ2) is 4.88. The molecule has 0 radical (unpaired) electrons. The van der Waals surface area contributed by atoms with Gasteiger partial charge >= 0.3 is 0 Å². The Labute approximate surface area is 135 Å². The highest BCUT2D eigenvalue weighted by Crippen LogP contribution is 2.30. The monoisotopic (exact) mass is 299 g/mol. The summed E-state index contributed by atoms with van der Waals surface area (Å²) >= 11 is 0. The maximum absolute atomic E-state index is 12.6. The van der Waals surface area contributed by atoms with Crippen LogP contribution in [0.3, 0.4) is 0 Å². The molecule has 2 heteroatoms. The van der Waals surface area contributed by atoms with Gasteiger partial charge in [0.15, 0.2) is 5.78 Å². The average molecular weight is 299 g/mol. The molecule has 0 saturated carbocycles. The van der Waals surface area contributed by atoms with Gasteiger partial charge in [0, 0.05) is 16.7 Å². The highest BCUT2D eigenvalue weighted by molar-refractivity contribution is 6.24. The van der Waals surface area contributed by atoms with E-state index in [2.05, 4.69) is 30.3 Å². The molecule has 1 heterocycles. The zero-order chi connectivity index (χ0) is 16.0. The summed E-state index contributed by atoms with van der Waals surface area (Å²) in [6, 6.07) is 22.4. The van der Waals surface area contributed by atoms with Crippen LogP contribution in [0.15, 0.2) is 71.7 Å². The normalized spacial score (nSPS) is 16.1. The summed E-state index contributed by atoms with van der Waals surface area (Å²) in [5.41, 5.74) is 2.91. The average Bonchev–Trinajstić information content (AvgIpc) is 2.58. The van der Waals surface area contributed by atoms with E-state index in [1.54, 1.807) is 0 Å². The summed E-state index contributed by atoms with van der Waals surface area (Å²) in [6.07, 6.45) is 0. The van der Waals surface area contributed by atoms with Gasteiger partial charge in [0.2, 0.25) is 0 Å². The number of nitrogens with zero attached hydrogens (tertiary/aromatic N) is 1. The Bertz CT molecular complexity index is 966. The van der Waals surface area contributed by atoms with Crippen LogP contribution in [-0.4, -0.2) is 17.0 Å². The number of aliphatic imine (C=N–C) groups is 1. The Hall–Kier alpha value is -2.74. The summed E-state index contributed by atoms with van der Waals surface area (Å²) in [7, 11) is 0. The third-order valence-electron chi connectivity index (χ3n) is 4.40. The Morgan fingerprint density at radius 3 is 2.22 bits per heavy atom. The van der Waals surface area contributed by atoms with Crippen molar-refractivity contribution in [3.8, 4) is 0 Å². The molecule has 0 spiro atoms. The van der Waals surface area contributed by atoms with E-state index in [1.165, 1.54) is 10.8 Å². The number of rotatable bonds is 1. The number of hydrogen-bond donors (Lipinski definition) is 0. The summed E-state index contributed by atoms with van der Waals surface area (Å²) < 4.78 is 0. The fourth-order valence-corrected chi connectivity index (χ4v) is 3.16. The van der Waals surface area contributed by atoms with Crippen LogP contribution in [0.25, 0.3) is 10.8 Å². The van der Waals surface area contributed by atoms with Crippen LogP contribution in [0, 0.1) is 0 Å². The fourth-order valence-electron chi connectivity index (χ4n) is 3.16. The van der Waals surface area contributed by atoms with Crippen molar-refractivity contribution in [1.29, 1.82) is 0 Å². The summed E-state index contributed by atoms with van der Waals surface area (Å²) in [5.74, 6) is 0.0811. The molecule has 0 unspecified atom stereocenters. The Morgan fingerprint density at radius 2 is 1.43 bits per heavy atom. The lowest BCUT2D eigenvalue weighted by molar-refractivity contribution is 0.0912. The summed E-state index contributed by atoms with van der Waals surface area (Å²) in [6.45, 7) is 3.76. The second-order valence-corrected chi connectivity index (χ2v) is 6.46. The fraction of sp³-hybridized carbons (Fsp3) is 0.143. The Kier molecular flexibility index (Phi) is 2.95. The van der Waals surface area contributed by atoms with Crippen molar-refractivity contribution in [3.05, 3.63) is 83.4 Å². The van der Waals surface area contributed by atoms with Crippen LogP contribution < -0.4 is 0 Å². The first-order chi connectivity index (χ1) is 11.1. The van der Waals surface area contributed by atoms with Gasteiger partial charge in [-0.3, -0.25) is 9.79 Å². The van der Waals surface area contributed by atoms with Crippen molar-refractivity contribution in [2.24, 2.45) is 4.99 Å². The number of benzene rings is 3. The SMILES string of the molecule is CC1(C)N=C(c2ccc3ccccc3c2)c2ccccc2C1=O. The predicted octanol–water partition coefficient (Wildman–Crippen LogP) is 4.65. The van der Waals surface area contributed by atoms with Gasteiger partial charge in [-0.25, -0.2) is 0 Å². The van der Waals surface area contributed by atoms with E-state index >= 15 is 0 Å². The summed E-state index contributed by atoms with van der Waals surface area (Å²) in [5, 5.41) is 2.39. The minimum Gasteiger partial charge on any atom is -0.291 e. The second-order valence-electron chi connectivity index (χ2n) is 6.46. The van der Waals surface area contributed by atoms with Crippen LogP contribution in [0.1, 0.15) is 35.3 Å². The van der Waals surface area contributed by atoms with E-state index in [0.717, 1.165) is 22.4 Å². The van der Waals surface area contributed by atoms with Crippen molar-refractivity contribution in [3.63, 3.8) is 0 Å². The van der Waals surface area contributed by atoms with Gasteiger partial charge in [-0.05, 0) is 30.7 Å². The van der Waals surface area contributed by atoms with Gasteiger partial charge in [0.05, 0.1) is 5.71 Å². The van der Waals surface area contributed by atoms with Crippen LogP contribution in [0.5, 0.6) is 0 Å². The molecule has 4 rings (SSSR count). The number of hydrogen-bond acceptors (Lipinski definition) is 2.